The Hall–Kier alpha value is -0.980. The molecule has 1 aliphatic heterocycles. The van der Waals surface area contributed by atoms with Crippen LogP contribution < -0.4 is 34.7 Å². The van der Waals surface area contributed by atoms with E-state index in [0.717, 1.165) is 6.33 Å². The summed E-state index contributed by atoms with van der Waals surface area (Å²) in [5.41, 5.74) is 0.0607. The van der Waals surface area contributed by atoms with Gasteiger partial charge in [0, 0.05) is 5.88 Å². The minimum Gasteiger partial charge on any atom is -0.857 e. The van der Waals surface area contributed by atoms with Crippen LogP contribution in [0.5, 0.6) is 5.88 Å². The summed E-state index contributed by atoms with van der Waals surface area (Å²) < 4.78 is 21.6. The minimum absolute atomic E-state index is 0. The third-order valence-corrected chi connectivity index (χ3v) is 3.83. The van der Waals surface area contributed by atoms with Crippen molar-refractivity contribution < 1.29 is 112 Å². The van der Waals surface area contributed by atoms with Crippen LogP contribution in [0.1, 0.15) is 6.23 Å². The van der Waals surface area contributed by atoms with Gasteiger partial charge in [0.1, 0.15) is 30.2 Å². The Bertz CT molecular complexity index is 778. The Morgan fingerprint density at radius 2 is 1.53 bits per heavy atom. The summed E-state index contributed by atoms with van der Waals surface area (Å²) in [4.78, 5) is 28.5. The van der Waals surface area contributed by atoms with E-state index >= 15 is 0 Å². The predicted molar refractivity (Wildman–Crippen MR) is 97.6 cm³/mol. The summed E-state index contributed by atoms with van der Waals surface area (Å²) in [5, 5.41) is 31.5. The second kappa shape index (κ2) is 18.4. The van der Waals surface area contributed by atoms with Crippen LogP contribution >= 0.6 is 7.82 Å². The van der Waals surface area contributed by atoms with E-state index in [1.807, 2.05) is 0 Å². The Labute approximate surface area is 200 Å². The van der Waals surface area contributed by atoms with E-state index in [9.17, 15) is 19.9 Å². The van der Waals surface area contributed by atoms with Crippen LogP contribution in [0.4, 0.5) is 0 Å². The molecule has 3 rings (SSSR count). The number of nitrogens with zero attached hydrogens (tertiary/aromatic N) is 4. The SMILES string of the molecule is O.O.O.O.O.O.O.O.O=P(O)(O)OC[C@H]1O[C@@H](n2cnc3c([O-])ncnc32)[C@H](O)[C@@H]1O.[Na+]. The third kappa shape index (κ3) is 9.88. The molecule has 0 spiro atoms. The van der Waals surface area contributed by atoms with Crippen LogP contribution in [0, 0.1) is 0 Å². The summed E-state index contributed by atoms with van der Waals surface area (Å²) >= 11 is 0. The Kier molecular flexibility index (Phi) is 27.9. The molecule has 20 N–H and O–H groups in total. The quantitative estimate of drug-likeness (QED) is 0.219. The fourth-order valence-electron chi connectivity index (χ4n) is 2.28. The first kappa shape index (κ1) is 48.5. The van der Waals surface area contributed by atoms with Gasteiger partial charge in [0.05, 0.1) is 12.9 Å². The zero-order valence-electron chi connectivity index (χ0n) is 16.3. The van der Waals surface area contributed by atoms with Gasteiger partial charge in [0.15, 0.2) is 11.9 Å². The zero-order valence-corrected chi connectivity index (χ0v) is 19.2. The van der Waals surface area contributed by atoms with Crippen molar-refractivity contribution in [2.45, 2.75) is 24.5 Å². The zero-order chi connectivity index (χ0) is 16.8. The first-order chi connectivity index (χ1) is 10.8. The minimum atomic E-state index is -4.74. The number of ether oxygens (including phenoxy) is 1. The molecule has 2 aromatic heterocycles. The van der Waals surface area contributed by atoms with Crippen molar-refractivity contribution >= 4 is 19.0 Å². The topological polar surface area (TPSA) is 435 Å². The number of rotatable bonds is 4. The van der Waals surface area contributed by atoms with E-state index in [4.69, 9.17) is 14.5 Å². The molecule has 1 saturated heterocycles. The fourth-order valence-corrected chi connectivity index (χ4v) is 2.63. The van der Waals surface area contributed by atoms with Gasteiger partial charge in [0.2, 0.25) is 0 Å². The molecule has 0 aliphatic carbocycles. The van der Waals surface area contributed by atoms with Gasteiger partial charge in [-0.15, -0.1) is 0 Å². The standard InChI is InChI=1S/C10H13N4O8P.Na.8H2O/c15-6-4(1-21-23(18,19)20)22-10(7(6)16)14-3-13-5-8(14)11-2-12-9(5)17;;;;;;;;;/h2-4,6-7,10,15-16H,1H2,(H,11,12,17)(H2,18,19,20);;8*1H2/q;+1;;;;;;;;/p-1/t4-,6-,7-,10-;;;;;;;;;/m1........./s1. The second-order valence-electron chi connectivity index (χ2n) is 4.84. The van der Waals surface area contributed by atoms with Crippen molar-refractivity contribution in [3.63, 3.8) is 0 Å². The molecule has 1 fully saturated rings. The molecule has 0 aromatic carbocycles. The predicted octanol–water partition coefficient (Wildman–Crippen LogP) is -12.0. The largest absolute Gasteiger partial charge is 1.00 e. The number of hydrogen-bond donors (Lipinski definition) is 4. The average molecular weight is 514 g/mol. The molecule has 0 unspecified atom stereocenters. The van der Waals surface area contributed by atoms with Crippen LogP contribution in [0.2, 0.25) is 0 Å². The molecule has 0 bridgehead atoms. The van der Waals surface area contributed by atoms with E-state index in [0.29, 0.717) is 0 Å². The summed E-state index contributed by atoms with van der Waals surface area (Å²) in [6, 6.07) is 0. The number of aromatic nitrogens is 4. The molecule has 20 nitrogen and oxygen atoms in total. The number of fused-ring (bicyclic) bond motifs is 1. The second-order valence-corrected chi connectivity index (χ2v) is 6.07. The maximum Gasteiger partial charge on any atom is 1.00 e. The molecular weight excluding hydrogens is 486 g/mol. The van der Waals surface area contributed by atoms with Gasteiger partial charge in [-0.1, -0.05) is 0 Å². The number of aliphatic hydroxyl groups excluding tert-OH is 2. The van der Waals surface area contributed by atoms with Gasteiger partial charge in [-0.2, -0.15) is 0 Å². The number of aliphatic hydroxyl groups is 2. The third-order valence-electron chi connectivity index (χ3n) is 3.34. The molecule has 22 heteroatoms. The first-order valence-corrected chi connectivity index (χ1v) is 7.87. The van der Waals surface area contributed by atoms with Crippen molar-refractivity contribution in [3.05, 3.63) is 12.7 Å². The Morgan fingerprint density at radius 1 is 1.00 bits per heavy atom. The molecule has 1 aliphatic rings. The van der Waals surface area contributed by atoms with E-state index in [1.165, 1.54) is 10.9 Å². The monoisotopic (exact) mass is 514 g/mol. The van der Waals surface area contributed by atoms with E-state index in [-0.39, 0.29) is 84.5 Å². The Balaban J connectivity index is -0.000000139. The van der Waals surface area contributed by atoms with Crippen LogP contribution in [-0.2, 0) is 13.8 Å². The van der Waals surface area contributed by atoms with Gasteiger partial charge >= 0.3 is 37.4 Å². The summed E-state index contributed by atoms with van der Waals surface area (Å²) in [7, 11) is -4.74. The van der Waals surface area contributed by atoms with Crippen LogP contribution in [0.15, 0.2) is 12.7 Å². The number of phosphoric acid groups is 1. The van der Waals surface area contributed by atoms with E-state index in [2.05, 4.69) is 19.5 Å². The molecule has 0 saturated carbocycles. The number of phosphoric ester groups is 1. The molecule has 0 radical (unpaired) electrons. The van der Waals surface area contributed by atoms with E-state index < -0.39 is 44.8 Å². The van der Waals surface area contributed by atoms with Crippen molar-refractivity contribution in [1.29, 1.82) is 0 Å². The van der Waals surface area contributed by atoms with Crippen LogP contribution in [0.25, 0.3) is 11.2 Å². The normalized spacial score (nSPS) is 20.5. The molecule has 0 amide bonds. The number of hydrogen-bond acceptors (Lipinski definition) is 9. The van der Waals surface area contributed by atoms with Gasteiger partial charge < -0.3 is 73.7 Å². The molecule has 3 heterocycles. The molecule has 2 aromatic rings. The first-order valence-electron chi connectivity index (χ1n) is 6.34. The molecule has 190 valence electrons. The maximum atomic E-state index is 11.5. The summed E-state index contributed by atoms with van der Waals surface area (Å²) in [6.45, 7) is -0.632. The van der Waals surface area contributed by atoms with Gasteiger partial charge in [0.25, 0.3) is 0 Å². The van der Waals surface area contributed by atoms with Crippen molar-refractivity contribution in [2.75, 3.05) is 6.61 Å². The van der Waals surface area contributed by atoms with E-state index in [1.54, 1.807) is 0 Å². The van der Waals surface area contributed by atoms with Crippen LogP contribution in [0.3, 0.4) is 0 Å². The Morgan fingerprint density at radius 3 is 2.03 bits per heavy atom. The molecular formula is C10H28N4NaO16P. The molecule has 4 atom stereocenters. The molecule has 32 heavy (non-hydrogen) atoms. The smallest absolute Gasteiger partial charge is 0.857 e. The average Bonchev–Trinajstić information content (AvgIpc) is 3.01. The van der Waals surface area contributed by atoms with Gasteiger partial charge in [-0.25, -0.2) is 14.5 Å². The fraction of sp³-hybridized carbons (Fsp3) is 0.500. The van der Waals surface area contributed by atoms with Crippen LogP contribution in [-0.4, -0.2) is 108 Å². The van der Waals surface area contributed by atoms with Gasteiger partial charge in [-0.3, -0.25) is 14.1 Å². The van der Waals surface area contributed by atoms with Crippen molar-refractivity contribution in [3.8, 4) is 5.88 Å². The van der Waals surface area contributed by atoms with Crippen molar-refractivity contribution in [2.24, 2.45) is 0 Å². The number of imidazole rings is 1. The summed E-state index contributed by atoms with van der Waals surface area (Å²) in [5.74, 6) is -0.608. The van der Waals surface area contributed by atoms with Gasteiger partial charge in [-0.05, 0) is 0 Å². The maximum absolute atomic E-state index is 11.5. The van der Waals surface area contributed by atoms with Crippen molar-refractivity contribution in [1.82, 2.24) is 19.5 Å². The summed E-state index contributed by atoms with van der Waals surface area (Å²) in [6.07, 6.45) is -3.04.